The molecule has 2 N–H and O–H groups in total. The maximum Gasteiger partial charge on any atom is 0.191 e. The molecule has 4 heteroatoms. The summed E-state index contributed by atoms with van der Waals surface area (Å²) in [5.41, 5.74) is 1.46. The van der Waals surface area contributed by atoms with Gasteiger partial charge in [-0.15, -0.1) is 0 Å². The van der Waals surface area contributed by atoms with E-state index in [9.17, 15) is 0 Å². The quantitative estimate of drug-likeness (QED) is 0.454. The first-order valence-corrected chi connectivity index (χ1v) is 7.42. The maximum atomic E-state index is 5.30. The third-order valence-electron chi connectivity index (χ3n) is 3.65. The Labute approximate surface area is 121 Å². The van der Waals surface area contributed by atoms with Gasteiger partial charge in [-0.1, -0.05) is 30.3 Å². The molecule has 0 aliphatic heterocycles. The Morgan fingerprint density at radius 2 is 2.10 bits per heavy atom. The summed E-state index contributed by atoms with van der Waals surface area (Å²) in [6, 6.07) is 10.8. The van der Waals surface area contributed by atoms with Gasteiger partial charge in [0.15, 0.2) is 5.96 Å². The Balaban J connectivity index is 1.65. The lowest BCUT2D eigenvalue weighted by molar-refractivity contribution is 0.152. The van der Waals surface area contributed by atoms with Gasteiger partial charge in [0.1, 0.15) is 0 Å². The number of guanidine groups is 1. The second kappa shape index (κ2) is 7.90. The first-order valence-electron chi connectivity index (χ1n) is 7.42. The lowest BCUT2D eigenvalue weighted by atomic mass is 10.1. The van der Waals surface area contributed by atoms with E-state index in [-0.39, 0.29) is 0 Å². The molecule has 0 heterocycles. The summed E-state index contributed by atoms with van der Waals surface area (Å²) in [5.74, 6) is 2.30. The van der Waals surface area contributed by atoms with Crippen LogP contribution < -0.4 is 10.6 Å². The summed E-state index contributed by atoms with van der Waals surface area (Å²) in [6.07, 6.45) is 1.27. The summed E-state index contributed by atoms with van der Waals surface area (Å²) in [6.45, 7) is 5.25. The molecule has 2 unspecified atom stereocenters. The number of ether oxygens (including phenoxy) is 1. The number of aliphatic imine (C=N–C) groups is 1. The largest absolute Gasteiger partial charge is 0.380 e. The zero-order valence-corrected chi connectivity index (χ0v) is 12.4. The first-order chi connectivity index (χ1) is 9.85. The highest BCUT2D eigenvalue weighted by molar-refractivity contribution is 5.79. The molecule has 0 spiro atoms. The molecule has 2 atom stereocenters. The molecule has 20 heavy (non-hydrogen) atoms. The lowest BCUT2D eigenvalue weighted by Crippen LogP contribution is -2.40. The highest BCUT2D eigenvalue weighted by Crippen LogP contribution is 2.46. The Bertz CT molecular complexity index is 419. The van der Waals surface area contributed by atoms with Crippen LogP contribution in [0.15, 0.2) is 35.3 Å². The Morgan fingerprint density at radius 3 is 2.80 bits per heavy atom. The number of hydrogen-bond donors (Lipinski definition) is 2. The van der Waals surface area contributed by atoms with E-state index in [4.69, 9.17) is 4.74 Å². The van der Waals surface area contributed by atoms with E-state index < -0.39 is 0 Å². The highest BCUT2D eigenvalue weighted by Gasteiger charge is 2.37. The van der Waals surface area contributed by atoms with Crippen molar-refractivity contribution in [2.75, 3.05) is 33.4 Å². The van der Waals surface area contributed by atoms with Gasteiger partial charge < -0.3 is 15.4 Å². The van der Waals surface area contributed by atoms with Crippen LogP contribution in [0.2, 0.25) is 0 Å². The molecule has 1 saturated carbocycles. The minimum atomic E-state index is 0.713. The lowest BCUT2D eigenvalue weighted by Gasteiger charge is -2.11. The van der Waals surface area contributed by atoms with Crippen LogP contribution in [0.3, 0.4) is 0 Å². The molecule has 110 valence electrons. The summed E-state index contributed by atoms with van der Waals surface area (Å²) in [5, 5.41) is 6.65. The fourth-order valence-corrected chi connectivity index (χ4v) is 2.42. The fraction of sp³-hybridized carbons (Fsp3) is 0.562. The monoisotopic (exact) mass is 275 g/mol. The van der Waals surface area contributed by atoms with Crippen molar-refractivity contribution in [3.63, 3.8) is 0 Å². The van der Waals surface area contributed by atoms with E-state index in [0.29, 0.717) is 12.5 Å². The molecule has 0 radical (unpaired) electrons. The Hall–Kier alpha value is -1.55. The molecule has 1 aromatic carbocycles. The average Bonchev–Trinajstić information content (AvgIpc) is 3.27. The molecule has 1 aliphatic carbocycles. The van der Waals surface area contributed by atoms with Gasteiger partial charge in [0.2, 0.25) is 0 Å². The molecule has 2 rings (SSSR count). The van der Waals surface area contributed by atoms with Crippen LogP contribution >= 0.6 is 0 Å². The molecule has 4 nitrogen and oxygen atoms in total. The highest BCUT2D eigenvalue weighted by atomic mass is 16.5. The van der Waals surface area contributed by atoms with Crippen LogP contribution in [-0.2, 0) is 4.74 Å². The van der Waals surface area contributed by atoms with Gasteiger partial charge in [-0.05, 0) is 30.7 Å². The van der Waals surface area contributed by atoms with Crippen molar-refractivity contribution in [3.8, 4) is 0 Å². The minimum absolute atomic E-state index is 0.713. The summed E-state index contributed by atoms with van der Waals surface area (Å²) in [4.78, 5) is 4.22. The fourth-order valence-electron chi connectivity index (χ4n) is 2.42. The van der Waals surface area contributed by atoms with Crippen LogP contribution in [0.1, 0.15) is 24.8 Å². The van der Waals surface area contributed by atoms with Crippen molar-refractivity contribution in [2.45, 2.75) is 19.3 Å². The molecule has 0 saturated heterocycles. The van der Waals surface area contributed by atoms with Gasteiger partial charge >= 0.3 is 0 Å². The van der Waals surface area contributed by atoms with Gasteiger partial charge in [-0.25, -0.2) is 0 Å². The van der Waals surface area contributed by atoms with E-state index in [0.717, 1.165) is 31.6 Å². The smallest absolute Gasteiger partial charge is 0.191 e. The van der Waals surface area contributed by atoms with Crippen molar-refractivity contribution in [2.24, 2.45) is 10.9 Å². The van der Waals surface area contributed by atoms with E-state index in [1.165, 1.54) is 12.0 Å². The summed E-state index contributed by atoms with van der Waals surface area (Å²) in [7, 11) is 1.80. The number of rotatable bonds is 7. The van der Waals surface area contributed by atoms with E-state index >= 15 is 0 Å². The van der Waals surface area contributed by atoms with Crippen LogP contribution in [0, 0.1) is 5.92 Å². The number of hydrogen-bond acceptors (Lipinski definition) is 2. The SMILES string of the molecule is CCOCCNC(=NC)NCC1CC1c1ccccc1. The van der Waals surface area contributed by atoms with E-state index in [1.807, 2.05) is 6.92 Å². The zero-order valence-electron chi connectivity index (χ0n) is 12.4. The standard InChI is InChI=1S/C16H25N3O/c1-3-20-10-9-18-16(17-2)19-12-14-11-15(14)13-7-5-4-6-8-13/h4-8,14-15H,3,9-12H2,1-2H3,(H2,17,18,19). The molecular weight excluding hydrogens is 250 g/mol. The number of nitrogens with one attached hydrogen (secondary N) is 2. The Kier molecular flexibility index (Phi) is 5.87. The molecule has 1 aromatic rings. The molecular formula is C16H25N3O. The predicted molar refractivity (Wildman–Crippen MR) is 83.1 cm³/mol. The maximum absolute atomic E-state index is 5.30. The average molecular weight is 275 g/mol. The Morgan fingerprint density at radius 1 is 1.30 bits per heavy atom. The molecule has 0 bridgehead atoms. The normalized spacial score (nSPS) is 21.6. The summed E-state index contributed by atoms with van der Waals surface area (Å²) >= 11 is 0. The summed E-state index contributed by atoms with van der Waals surface area (Å²) < 4.78 is 5.30. The van der Waals surface area contributed by atoms with Crippen molar-refractivity contribution in [1.29, 1.82) is 0 Å². The van der Waals surface area contributed by atoms with Gasteiger partial charge in [-0.2, -0.15) is 0 Å². The van der Waals surface area contributed by atoms with Gasteiger partial charge in [0.05, 0.1) is 6.61 Å². The number of benzene rings is 1. The predicted octanol–water partition coefficient (Wildman–Crippen LogP) is 1.99. The van der Waals surface area contributed by atoms with Gasteiger partial charge in [0, 0.05) is 26.7 Å². The van der Waals surface area contributed by atoms with Crippen molar-refractivity contribution < 1.29 is 4.74 Å². The second-order valence-corrected chi connectivity index (χ2v) is 5.09. The van der Waals surface area contributed by atoms with Crippen molar-refractivity contribution in [1.82, 2.24) is 10.6 Å². The third-order valence-corrected chi connectivity index (χ3v) is 3.65. The zero-order chi connectivity index (χ0) is 14.2. The minimum Gasteiger partial charge on any atom is -0.380 e. The van der Waals surface area contributed by atoms with E-state index in [1.54, 1.807) is 7.05 Å². The third kappa shape index (κ3) is 4.53. The molecule has 1 aliphatic rings. The molecule has 1 fully saturated rings. The van der Waals surface area contributed by atoms with Crippen molar-refractivity contribution in [3.05, 3.63) is 35.9 Å². The van der Waals surface area contributed by atoms with Crippen LogP contribution in [0.4, 0.5) is 0 Å². The van der Waals surface area contributed by atoms with Crippen molar-refractivity contribution >= 4 is 5.96 Å². The topological polar surface area (TPSA) is 45.6 Å². The molecule has 0 amide bonds. The van der Waals surface area contributed by atoms with Crippen LogP contribution in [-0.4, -0.2) is 39.3 Å². The molecule has 0 aromatic heterocycles. The van der Waals surface area contributed by atoms with Crippen LogP contribution in [0.5, 0.6) is 0 Å². The van der Waals surface area contributed by atoms with Gasteiger partial charge in [-0.3, -0.25) is 4.99 Å². The second-order valence-electron chi connectivity index (χ2n) is 5.09. The number of nitrogens with zero attached hydrogens (tertiary/aromatic N) is 1. The van der Waals surface area contributed by atoms with Crippen LogP contribution in [0.25, 0.3) is 0 Å². The van der Waals surface area contributed by atoms with E-state index in [2.05, 4.69) is 46.0 Å². The van der Waals surface area contributed by atoms with Gasteiger partial charge in [0.25, 0.3) is 0 Å². The first kappa shape index (κ1) is 14.9.